The van der Waals surface area contributed by atoms with Crippen molar-refractivity contribution >= 4 is 32.2 Å². The third-order valence-corrected chi connectivity index (χ3v) is 7.67. The summed E-state index contributed by atoms with van der Waals surface area (Å²) in [5.41, 5.74) is 1.57. The molecule has 2 unspecified atom stereocenters. The molecular formula is C31H44N2O8Si. The van der Waals surface area contributed by atoms with Crippen molar-refractivity contribution in [3.63, 3.8) is 0 Å². The highest BCUT2D eigenvalue weighted by atomic mass is 28.3. The number of esters is 2. The van der Waals surface area contributed by atoms with E-state index in [4.69, 9.17) is 18.9 Å². The van der Waals surface area contributed by atoms with E-state index in [-0.39, 0.29) is 26.1 Å². The van der Waals surface area contributed by atoms with E-state index in [2.05, 4.69) is 30.3 Å². The molecule has 0 radical (unpaired) electrons. The molecule has 2 aromatic carbocycles. The topological polar surface area (TPSA) is 129 Å². The summed E-state index contributed by atoms with van der Waals surface area (Å²) in [5, 5.41) is 5.21. The number of rotatable bonds is 13. The summed E-state index contributed by atoms with van der Waals surface area (Å²) in [6.07, 6.45) is -1.08. The van der Waals surface area contributed by atoms with Crippen molar-refractivity contribution in [1.82, 2.24) is 10.6 Å². The molecule has 0 saturated carbocycles. The molecule has 0 aliphatic rings. The summed E-state index contributed by atoms with van der Waals surface area (Å²) in [6, 6.07) is 15.2. The van der Waals surface area contributed by atoms with Crippen LogP contribution < -0.4 is 10.6 Å². The molecule has 0 aromatic heterocycles. The Labute approximate surface area is 249 Å². The van der Waals surface area contributed by atoms with Gasteiger partial charge in [-0.05, 0) is 43.5 Å². The molecule has 10 nitrogen and oxygen atoms in total. The minimum atomic E-state index is -1.37. The molecule has 230 valence electrons. The van der Waals surface area contributed by atoms with E-state index in [9.17, 15) is 19.2 Å². The maximum atomic E-state index is 13.0. The summed E-state index contributed by atoms with van der Waals surface area (Å²) < 4.78 is 21.0. The second-order valence-corrected chi connectivity index (χ2v) is 17.8. The molecule has 0 saturated heterocycles. The van der Waals surface area contributed by atoms with Crippen LogP contribution in [0.4, 0.5) is 9.59 Å². The molecule has 0 heterocycles. The van der Waals surface area contributed by atoms with Crippen molar-refractivity contribution in [3.05, 3.63) is 71.3 Å². The maximum Gasteiger partial charge on any atom is 0.408 e. The number of benzene rings is 2. The van der Waals surface area contributed by atoms with E-state index in [0.717, 1.165) is 22.7 Å². The Hall–Kier alpha value is -3.86. The zero-order valence-electron chi connectivity index (χ0n) is 25.7. The highest BCUT2D eigenvalue weighted by Gasteiger charge is 2.27. The van der Waals surface area contributed by atoms with Gasteiger partial charge in [-0.1, -0.05) is 74.2 Å². The normalized spacial score (nSPS) is 12.8. The van der Waals surface area contributed by atoms with Crippen LogP contribution in [0.15, 0.2) is 54.6 Å². The number of carbonyl (C=O) groups is 4. The average molecular weight is 601 g/mol. The second-order valence-electron chi connectivity index (χ2n) is 12.2. The predicted octanol–water partition coefficient (Wildman–Crippen LogP) is 5.01. The Morgan fingerprint density at radius 3 is 1.76 bits per heavy atom. The largest absolute Gasteiger partial charge is 0.467 e. The quantitative estimate of drug-likeness (QED) is 0.186. The monoisotopic (exact) mass is 600 g/mol. The van der Waals surface area contributed by atoms with Crippen LogP contribution in [0, 0.1) is 0 Å². The predicted molar refractivity (Wildman–Crippen MR) is 162 cm³/mol. The van der Waals surface area contributed by atoms with E-state index < -0.39 is 49.9 Å². The number of hydrogen-bond donors (Lipinski definition) is 2. The lowest BCUT2D eigenvalue weighted by Crippen LogP contribution is -2.45. The average Bonchev–Trinajstić information content (AvgIpc) is 2.90. The molecule has 0 spiro atoms. The van der Waals surface area contributed by atoms with Crippen molar-refractivity contribution < 1.29 is 38.1 Å². The fourth-order valence-electron chi connectivity index (χ4n) is 3.72. The zero-order valence-corrected chi connectivity index (χ0v) is 26.7. The number of methoxy groups -OCH3 is 1. The molecule has 0 bridgehead atoms. The van der Waals surface area contributed by atoms with Gasteiger partial charge in [-0.15, -0.1) is 0 Å². The van der Waals surface area contributed by atoms with E-state index >= 15 is 0 Å². The first kappa shape index (κ1) is 34.3. The van der Waals surface area contributed by atoms with Gasteiger partial charge in [-0.3, -0.25) is 0 Å². The molecule has 11 heteroatoms. The van der Waals surface area contributed by atoms with Crippen LogP contribution in [-0.4, -0.2) is 63.6 Å². The molecule has 0 aliphatic heterocycles. The second kappa shape index (κ2) is 16.0. The highest BCUT2D eigenvalue weighted by molar-refractivity contribution is 6.76. The van der Waals surface area contributed by atoms with Gasteiger partial charge < -0.3 is 29.6 Å². The Morgan fingerprint density at radius 2 is 1.26 bits per heavy atom. The lowest BCUT2D eigenvalue weighted by atomic mass is 10.0. The maximum absolute atomic E-state index is 13.0. The van der Waals surface area contributed by atoms with Crippen LogP contribution >= 0.6 is 0 Å². The fourth-order valence-corrected chi connectivity index (χ4v) is 4.44. The van der Waals surface area contributed by atoms with Crippen LogP contribution in [0.25, 0.3) is 0 Å². The van der Waals surface area contributed by atoms with Gasteiger partial charge in [-0.2, -0.15) is 0 Å². The van der Waals surface area contributed by atoms with Gasteiger partial charge in [0.1, 0.15) is 24.3 Å². The van der Waals surface area contributed by atoms with Gasteiger partial charge in [-0.25, -0.2) is 19.2 Å². The number of ether oxygens (including phenoxy) is 4. The molecular weight excluding hydrogens is 556 g/mol. The molecule has 2 amide bonds. The highest BCUT2D eigenvalue weighted by Crippen LogP contribution is 2.14. The van der Waals surface area contributed by atoms with Crippen LogP contribution in [0.2, 0.25) is 25.7 Å². The number of nitrogens with one attached hydrogen (secondary N) is 2. The lowest BCUT2D eigenvalue weighted by Gasteiger charge is -2.23. The first-order chi connectivity index (χ1) is 19.6. The standard InChI is InChI=1S/C31H44N2O8Si/c1-31(2,3)41-30(37)33-26(28(35)40-21-24-11-9-8-10-12-24)20-23-15-13-22(14-16-23)19-25(27(34)38-4)32-29(36)39-17-18-42(5,6)7/h8-16,25-26H,17-21H2,1-7H3,(H,32,36)(H,33,37). The Kier molecular flexibility index (Phi) is 13.0. The molecule has 2 N–H and O–H groups in total. The van der Waals surface area contributed by atoms with Crippen molar-refractivity contribution in [3.8, 4) is 0 Å². The van der Waals surface area contributed by atoms with E-state index in [1.165, 1.54) is 7.11 Å². The first-order valence-corrected chi connectivity index (χ1v) is 17.6. The van der Waals surface area contributed by atoms with Crippen LogP contribution in [0.1, 0.15) is 37.5 Å². The summed E-state index contributed by atoms with van der Waals surface area (Å²) in [6.45, 7) is 12.1. The van der Waals surface area contributed by atoms with Gasteiger partial charge in [0, 0.05) is 20.9 Å². The summed E-state index contributed by atoms with van der Waals surface area (Å²) in [7, 11) is -0.119. The molecule has 2 atom stereocenters. The van der Waals surface area contributed by atoms with E-state index in [0.29, 0.717) is 0 Å². The Morgan fingerprint density at radius 1 is 0.738 bits per heavy atom. The van der Waals surface area contributed by atoms with Crippen molar-refractivity contribution in [2.45, 2.75) is 83.6 Å². The third kappa shape index (κ3) is 13.7. The van der Waals surface area contributed by atoms with Crippen LogP contribution in [0.5, 0.6) is 0 Å². The summed E-state index contributed by atoms with van der Waals surface area (Å²) >= 11 is 0. The Balaban J connectivity index is 2.08. The SMILES string of the molecule is COC(=O)C(Cc1ccc(CC(NC(=O)OC(C)(C)C)C(=O)OCc2ccccc2)cc1)NC(=O)OCC[Si](C)(C)C. The minimum Gasteiger partial charge on any atom is -0.467 e. The van der Waals surface area contributed by atoms with Crippen molar-refractivity contribution in [2.75, 3.05) is 13.7 Å². The van der Waals surface area contributed by atoms with Gasteiger partial charge >= 0.3 is 24.1 Å². The van der Waals surface area contributed by atoms with Crippen molar-refractivity contribution in [1.29, 1.82) is 0 Å². The summed E-state index contributed by atoms with van der Waals surface area (Å²) in [5.74, 6) is -1.19. The van der Waals surface area contributed by atoms with E-state index in [1.807, 2.05) is 30.3 Å². The van der Waals surface area contributed by atoms with Crippen LogP contribution in [0.3, 0.4) is 0 Å². The lowest BCUT2D eigenvalue weighted by molar-refractivity contribution is -0.147. The zero-order chi connectivity index (χ0) is 31.3. The Bertz CT molecular complexity index is 1170. The number of carbonyl (C=O) groups excluding carboxylic acids is 4. The number of alkyl carbamates (subject to hydrolysis) is 2. The van der Waals surface area contributed by atoms with Gasteiger partial charge in [0.25, 0.3) is 0 Å². The van der Waals surface area contributed by atoms with Crippen LogP contribution in [-0.2, 0) is 48.0 Å². The van der Waals surface area contributed by atoms with Gasteiger partial charge in [0.15, 0.2) is 0 Å². The fraction of sp³-hybridized carbons (Fsp3) is 0.484. The summed E-state index contributed by atoms with van der Waals surface area (Å²) in [4.78, 5) is 50.1. The molecule has 2 aromatic rings. The molecule has 0 aliphatic carbocycles. The minimum absolute atomic E-state index is 0.0631. The van der Waals surface area contributed by atoms with Gasteiger partial charge in [0.05, 0.1) is 13.7 Å². The van der Waals surface area contributed by atoms with Crippen molar-refractivity contribution in [2.24, 2.45) is 0 Å². The molecule has 2 rings (SSSR count). The first-order valence-electron chi connectivity index (χ1n) is 13.9. The molecule has 0 fully saturated rings. The smallest absolute Gasteiger partial charge is 0.408 e. The number of hydrogen-bond acceptors (Lipinski definition) is 8. The van der Waals surface area contributed by atoms with Gasteiger partial charge in [0.2, 0.25) is 0 Å². The molecule has 42 heavy (non-hydrogen) atoms. The van der Waals surface area contributed by atoms with E-state index in [1.54, 1.807) is 45.0 Å². The third-order valence-electron chi connectivity index (χ3n) is 5.97. The number of amides is 2.